The molecule has 2 rings (SSSR count). The van der Waals surface area contributed by atoms with Crippen molar-refractivity contribution < 1.29 is 18.1 Å². The first-order valence-corrected chi connectivity index (χ1v) is 6.49. The Bertz CT molecular complexity index is 687. The van der Waals surface area contributed by atoms with Gasteiger partial charge in [0.2, 0.25) is 5.82 Å². The van der Waals surface area contributed by atoms with Gasteiger partial charge in [-0.05, 0) is 33.6 Å². The number of hydrogen-bond donors (Lipinski definition) is 1. The summed E-state index contributed by atoms with van der Waals surface area (Å²) in [6.45, 7) is 0.0239. The van der Waals surface area contributed by atoms with E-state index < -0.39 is 28.1 Å². The van der Waals surface area contributed by atoms with Gasteiger partial charge in [0, 0.05) is 23.2 Å². The number of halogens is 4. The molecule has 21 heavy (non-hydrogen) atoms. The summed E-state index contributed by atoms with van der Waals surface area (Å²) < 4.78 is 40.1. The molecular weight excluding hydrogens is 353 g/mol. The molecule has 0 heterocycles. The number of nitrogens with zero attached hydrogens (tertiary/aromatic N) is 1. The lowest BCUT2D eigenvalue weighted by atomic mass is 10.2. The van der Waals surface area contributed by atoms with Crippen LogP contribution >= 0.6 is 15.9 Å². The van der Waals surface area contributed by atoms with Gasteiger partial charge in [0.05, 0.1) is 10.6 Å². The molecule has 0 amide bonds. The van der Waals surface area contributed by atoms with Gasteiger partial charge in [-0.25, -0.2) is 8.78 Å². The Kier molecular flexibility index (Phi) is 4.46. The Labute approximate surface area is 125 Å². The number of nitro groups is 1. The van der Waals surface area contributed by atoms with Crippen LogP contribution in [0, 0.1) is 27.6 Å². The third-order valence-corrected chi connectivity index (χ3v) is 3.31. The van der Waals surface area contributed by atoms with Crippen molar-refractivity contribution in [3.63, 3.8) is 0 Å². The summed E-state index contributed by atoms with van der Waals surface area (Å²) in [5.41, 5.74) is -0.225. The fourth-order valence-electron chi connectivity index (χ4n) is 1.71. The Balaban J connectivity index is 2.17. The molecule has 0 bridgehead atoms. The first-order valence-electron chi connectivity index (χ1n) is 5.69. The highest BCUT2D eigenvalue weighted by Crippen LogP contribution is 2.27. The predicted molar refractivity (Wildman–Crippen MR) is 74.4 cm³/mol. The second-order valence-electron chi connectivity index (χ2n) is 4.14. The van der Waals surface area contributed by atoms with Crippen molar-refractivity contribution in [2.75, 3.05) is 5.32 Å². The van der Waals surface area contributed by atoms with E-state index in [-0.39, 0.29) is 16.7 Å². The van der Waals surface area contributed by atoms with Crippen molar-refractivity contribution in [2.24, 2.45) is 0 Å². The zero-order valence-electron chi connectivity index (χ0n) is 10.4. The summed E-state index contributed by atoms with van der Waals surface area (Å²) >= 11 is 3.01. The highest BCUT2D eigenvalue weighted by atomic mass is 79.9. The van der Waals surface area contributed by atoms with Crippen molar-refractivity contribution >= 4 is 27.3 Å². The lowest BCUT2D eigenvalue weighted by Gasteiger charge is -2.10. The molecule has 0 fully saturated rings. The maximum Gasteiger partial charge on any atom is 0.304 e. The normalized spacial score (nSPS) is 10.5. The molecule has 0 spiro atoms. The molecule has 0 aliphatic rings. The van der Waals surface area contributed by atoms with Crippen LogP contribution in [0.3, 0.4) is 0 Å². The van der Waals surface area contributed by atoms with E-state index in [2.05, 4.69) is 21.2 Å². The molecule has 1 N–H and O–H groups in total. The van der Waals surface area contributed by atoms with Crippen LogP contribution in [-0.4, -0.2) is 4.92 Å². The third-order valence-electron chi connectivity index (χ3n) is 2.68. The molecule has 110 valence electrons. The van der Waals surface area contributed by atoms with Gasteiger partial charge in [0.1, 0.15) is 11.6 Å². The number of rotatable bonds is 4. The number of hydrogen-bond acceptors (Lipinski definition) is 3. The van der Waals surface area contributed by atoms with Gasteiger partial charge in [0.15, 0.2) is 0 Å². The summed E-state index contributed by atoms with van der Waals surface area (Å²) in [5.74, 6) is -2.51. The van der Waals surface area contributed by atoms with Gasteiger partial charge in [-0.2, -0.15) is 4.39 Å². The monoisotopic (exact) mass is 360 g/mol. The van der Waals surface area contributed by atoms with Gasteiger partial charge in [-0.1, -0.05) is 6.07 Å². The Morgan fingerprint density at radius 3 is 2.43 bits per heavy atom. The minimum absolute atomic E-state index is 0.0233. The average Bonchev–Trinajstić information content (AvgIpc) is 2.36. The SMILES string of the molecule is O=[N+]([O-])c1ccc(CNc2c(F)cc(F)cc2Br)cc1F. The third kappa shape index (κ3) is 3.52. The second-order valence-corrected chi connectivity index (χ2v) is 5.00. The topological polar surface area (TPSA) is 55.2 Å². The minimum Gasteiger partial charge on any atom is -0.378 e. The highest BCUT2D eigenvalue weighted by molar-refractivity contribution is 9.10. The standard InChI is InChI=1S/C13H8BrF3N2O2/c14-9-4-8(15)5-11(17)13(9)18-6-7-1-2-12(19(20)21)10(16)3-7/h1-5,18H,6H2. The average molecular weight is 361 g/mol. The molecule has 0 atom stereocenters. The van der Waals surface area contributed by atoms with E-state index in [0.29, 0.717) is 11.6 Å². The number of benzene rings is 2. The fraction of sp³-hybridized carbons (Fsp3) is 0.0769. The van der Waals surface area contributed by atoms with Crippen molar-refractivity contribution in [3.8, 4) is 0 Å². The Hall–Kier alpha value is -2.09. The van der Waals surface area contributed by atoms with Crippen LogP contribution in [0.5, 0.6) is 0 Å². The lowest BCUT2D eigenvalue weighted by Crippen LogP contribution is -2.04. The fourth-order valence-corrected chi connectivity index (χ4v) is 2.26. The Morgan fingerprint density at radius 1 is 1.14 bits per heavy atom. The molecule has 0 saturated heterocycles. The van der Waals surface area contributed by atoms with Crippen molar-refractivity contribution in [1.29, 1.82) is 0 Å². The largest absolute Gasteiger partial charge is 0.378 e. The smallest absolute Gasteiger partial charge is 0.304 e. The van der Waals surface area contributed by atoms with E-state index in [1.807, 2.05) is 0 Å². The first-order chi connectivity index (χ1) is 9.88. The van der Waals surface area contributed by atoms with E-state index in [4.69, 9.17) is 0 Å². The summed E-state index contributed by atoms with van der Waals surface area (Å²) in [5, 5.41) is 13.2. The quantitative estimate of drug-likeness (QED) is 0.649. The van der Waals surface area contributed by atoms with Crippen LogP contribution in [0.2, 0.25) is 0 Å². The molecule has 2 aromatic rings. The molecular formula is C13H8BrF3N2O2. The molecule has 0 unspecified atom stereocenters. The highest BCUT2D eigenvalue weighted by Gasteiger charge is 2.14. The van der Waals surface area contributed by atoms with Gasteiger partial charge in [0.25, 0.3) is 0 Å². The zero-order valence-corrected chi connectivity index (χ0v) is 12.0. The van der Waals surface area contributed by atoms with Gasteiger partial charge in [-0.3, -0.25) is 10.1 Å². The first kappa shape index (κ1) is 15.3. The van der Waals surface area contributed by atoms with E-state index in [0.717, 1.165) is 18.2 Å². The Morgan fingerprint density at radius 2 is 1.86 bits per heavy atom. The second kappa shape index (κ2) is 6.13. The lowest BCUT2D eigenvalue weighted by molar-refractivity contribution is -0.387. The summed E-state index contributed by atoms with van der Waals surface area (Å²) in [7, 11) is 0. The number of nitrogens with one attached hydrogen (secondary N) is 1. The van der Waals surface area contributed by atoms with E-state index in [1.54, 1.807) is 0 Å². The van der Waals surface area contributed by atoms with Crippen molar-refractivity contribution in [1.82, 2.24) is 0 Å². The van der Waals surface area contributed by atoms with Crippen LogP contribution in [0.1, 0.15) is 5.56 Å². The van der Waals surface area contributed by atoms with Crippen LogP contribution in [0.25, 0.3) is 0 Å². The molecule has 4 nitrogen and oxygen atoms in total. The molecule has 0 aliphatic carbocycles. The molecule has 8 heteroatoms. The zero-order chi connectivity index (χ0) is 15.6. The summed E-state index contributed by atoms with van der Waals surface area (Å²) in [6, 6.07) is 5.16. The number of anilines is 1. The maximum atomic E-state index is 13.6. The van der Waals surface area contributed by atoms with Crippen molar-refractivity contribution in [2.45, 2.75) is 6.54 Å². The minimum atomic E-state index is -0.974. The number of nitro benzene ring substituents is 1. The maximum absolute atomic E-state index is 13.6. The van der Waals surface area contributed by atoms with E-state index in [1.165, 1.54) is 6.07 Å². The van der Waals surface area contributed by atoms with Crippen LogP contribution in [0.15, 0.2) is 34.8 Å². The van der Waals surface area contributed by atoms with Crippen LogP contribution in [-0.2, 0) is 6.54 Å². The van der Waals surface area contributed by atoms with Crippen LogP contribution in [0.4, 0.5) is 24.5 Å². The molecule has 2 aromatic carbocycles. The summed E-state index contributed by atoms with van der Waals surface area (Å²) in [6.07, 6.45) is 0. The van der Waals surface area contributed by atoms with Crippen LogP contribution < -0.4 is 5.32 Å². The van der Waals surface area contributed by atoms with Gasteiger partial charge in [-0.15, -0.1) is 0 Å². The molecule has 0 aromatic heterocycles. The predicted octanol–water partition coefficient (Wildman–Crippen LogP) is 4.39. The molecule has 0 saturated carbocycles. The van der Waals surface area contributed by atoms with E-state index in [9.17, 15) is 23.3 Å². The van der Waals surface area contributed by atoms with Gasteiger partial charge < -0.3 is 5.32 Å². The van der Waals surface area contributed by atoms with Gasteiger partial charge >= 0.3 is 5.69 Å². The molecule has 0 aliphatic heterocycles. The van der Waals surface area contributed by atoms with Crippen molar-refractivity contribution in [3.05, 3.63) is 67.9 Å². The summed E-state index contributed by atoms with van der Waals surface area (Å²) in [4.78, 5) is 9.66. The van der Waals surface area contributed by atoms with E-state index >= 15 is 0 Å². The molecule has 0 radical (unpaired) electrons.